The standard InChI is InChI=1S/C15H19N3O2/c1-2-7-18-15(16-10-17-18)8-13(19)12-9-20-14-6-4-3-5-11(12)14/h3-6,10,12-13,19H,2,7-9H2,1H3. The first-order valence-corrected chi connectivity index (χ1v) is 7.06. The average molecular weight is 273 g/mol. The molecule has 2 atom stereocenters. The first-order chi connectivity index (χ1) is 9.79. The molecule has 0 saturated carbocycles. The van der Waals surface area contributed by atoms with Gasteiger partial charge in [-0.25, -0.2) is 4.98 Å². The molecule has 1 N–H and O–H groups in total. The third kappa shape index (κ3) is 2.41. The maximum absolute atomic E-state index is 10.5. The minimum atomic E-state index is -0.501. The fourth-order valence-corrected chi connectivity index (χ4v) is 2.68. The number of aliphatic hydroxyl groups is 1. The van der Waals surface area contributed by atoms with Gasteiger partial charge in [-0.3, -0.25) is 4.68 Å². The lowest BCUT2D eigenvalue weighted by atomic mass is 9.93. The lowest BCUT2D eigenvalue weighted by Gasteiger charge is -2.17. The zero-order valence-electron chi connectivity index (χ0n) is 11.6. The van der Waals surface area contributed by atoms with E-state index < -0.39 is 6.10 Å². The number of rotatable bonds is 5. The first-order valence-electron chi connectivity index (χ1n) is 7.06. The third-order valence-electron chi connectivity index (χ3n) is 3.72. The summed E-state index contributed by atoms with van der Waals surface area (Å²) in [6, 6.07) is 7.90. The van der Waals surface area contributed by atoms with Crippen LogP contribution in [0.5, 0.6) is 5.75 Å². The molecule has 2 heterocycles. The Morgan fingerprint density at radius 2 is 2.30 bits per heavy atom. The summed E-state index contributed by atoms with van der Waals surface area (Å²) in [5.41, 5.74) is 1.08. The van der Waals surface area contributed by atoms with Gasteiger partial charge in [0.05, 0.1) is 12.7 Å². The van der Waals surface area contributed by atoms with E-state index in [-0.39, 0.29) is 5.92 Å². The van der Waals surface area contributed by atoms with Gasteiger partial charge in [0.2, 0.25) is 0 Å². The van der Waals surface area contributed by atoms with Crippen LogP contribution < -0.4 is 4.74 Å². The molecule has 0 saturated heterocycles. The van der Waals surface area contributed by atoms with Crippen molar-refractivity contribution in [3.63, 3.8) is 0 Å². The van der Waals surface area contributed by atoms with Crippen LogP contribution in [0.2, 0.25) is 0 Å². The second kappa shape index (κ2) is 5.63. The third-order valence-corrected chi connectivity index (χ3v) is 3.72. The number of aryl methyl sites for hydroxylation is 1. The molecule has 0 radical (unpaired) electrons. The van der Waals surface area contributed by atoms with E-state index in [1.165, 1.54) is 0 Å². The van der Waals surface area contributed by atoms with E-state index in [1.807, 2.05) is 28.9 Å². The monoisotopic (exact) mass is 273 g/mol. The molecule has 5 nitrogen and oxygen atoms in total. The van der Waals surface area contributed by atoms with Gasteiger partial charge >= 0.3 is 0 Å². The lowest BCUT2D eigenvalue weighted by molar-refractivity contribution is 0.125. The first kappa shape index (κ1) is 13.1. The van der Waals surface area contributed by atoms with E-state index in [2.05, 4.69) is 17.0 Å². The predicted octanol–water partition coefficient (Wildman–Crippen LogP) is 1.77. The van der Waals surface area contributed by atoms with Crippen LogP contribution in [0.25, 0.3) is 0 Å². The Labute approximate surface area is 118 Å². The average Bonchev–Trinajstić information content (AvgIpc) is 3.06. The highest BCUT2D eigenvalue weighted by atomic mass is 16.5. The minimum Gasteiger partial charge on any atom is -0.493 e. The summed E-state index contributed by atoms with van der Waals surface area (Å²) < 4.78 is 7.49. The van der Waals surface area contributed by atoms with Crippen LogP contribution in [0.4, 0.5) is 0 Å². The fraction of sp³-hybridized carbons (Fsp3) is 0.467. The summed E-state index contributed by atoms with van der Waals surface area (Å²) >= 11 is 0. The highest BCUT2D eigenvalue weighted by Gasteiger charge is 2.30. The number of hydrogen-bond acceptors (Lipinski definition) is 4. The van der Waals surface area contributed by atoms with Crippen LogP contribution >= 0.6 is 0 Å². The zero-order chi connectivity index (χ0) is 13.9. The molecule has 1 aromatic heterocycles. The Hall–Kier alpha value is -1.88. The van der Waals surface area contributed by atoms with Gasteiger partial charge in [-0.1, -0.05) is 25.1 Å². The highest BCUT2D eigenvalue weighted by molar-refractivity contribution is 5.40. The highest BCUT2D eigenvalue weighted by Crippen LogP contribution is 2.36. The van der Waals surface area contributed by atoms with E-state index in [9.17, 15) is 5.11 Å². The van der Waals surface area contributed by atoms with E-state index in [1.54, 1.807) is 6.33 Å². The number of ether oxygens (including phenoxy) is 1. The molecule has 2 unspecified atom stereocenters. The molecule has 3 rings (SSSR count). The molecule has 0 bridgehead atoms. The number of para-hydroxylation sites is 1. The van der Waals surface area contributed by atoms with Gasteiger partial charge in [0.1, 0.15) is 17.9 Å². The molecule has 20 heavy (non-hydrogen) atoms. The maximum Gasteiger partial charge on any atom is 0.138 e. The van der Waals surface area contributed by atoms with Crippen molar-refractivity contribution in [3.8, 4) is 5.75 Å². The predicted molar refractivity (Wildman–Crippen MR) is 74.7 cm³/mol. The van der Waals surface area contributed by atoms with E-state index in [0.717, 1.165) is 30.1 Å². The van der Waals surface area contributed by atoms with E-state index in [0.29, 0.717) is 13.0 Å². The molecule has 1 aliphatic rings. The SMILES string of the molecule is CCCn1ncnc1CC(O)C1COc2ccccc21. The van der Waals surface area contributed by atoms with Crippen molar-refractivity contribution in [3.05, 3.63) is 42.0 Å². The molecular weight excluding hydrogens is 254 g/mol. The molecule has 0 fully saturated rings. The van der Waals surface area contributed by atoms with Crippen LogP contribution in [0.1, 0.15) is 30.7 Å². The van der Waals surface area contributed by atoms with Crippen molar-refractivity contribution in [2.75, 3.05) is 6.61 Å². The number of fused-ring (bicyclic) bond motifs is 1. The van der Waals surface area contributed by atoms with Crippen LogP contribution in [0.15, 0.2) is 30.6 Å². The summed E-state index contributed by atoms with van der Waals surface area (Å²) in [6.45, 7) is 3.46. The molecule has 5 heteroatoms. The molecule has 1 aliphatic heterocycles. The van der Waals surface area contributed by atoms with Crippen molar-refractivity contribution in [2.24, 2.45) is 0 Å². The number of benzene rings is 1. The quantitative estimate of drug-likeness (QED) is 0.902. The zero-order valence-corrected chi connectivity index (χ0v) is 11.6. The van der Waals surface area contributed by atoms with Gasteiger partial charge in [-0.15, -0.1) is 0 Å². The van der Waals surface area contributed by atoms with Crippen molar-refractivity contribution >= 4 is 0 Å². The second-order valence-electron chi connectivity index (χ2n) is 5.13. The van der Waals surface area contributed by atoms with Gasteiger partial charge in [0, 0.05) is 24.4 Å². The van der Waals surface area contributed by atoms with Crippen molar-refractivity contribution in [2.45, 2.75) is 38.3 Å². The van der Waals surface area contributed by atoms with Crippen molar-refractivity contribution < 1.29 is 9.84 Å². The van der Waals surface area contributed by atoms with Gasteiger partial charge in [-0.2, -0.15) is 5.10 Å². The lowest BCUT2D eigenvalue weighted by Crippen LogP contribution is -2.24. The van der Waals surface area contributed by atoms with Gasteiger partial charge in [0.25, 0.3) is 0 Å². The molecule has 106 valence electrons. The Balaban J connectivity index is 1.74. The maximum atomic E-state index is 10.5. The molecule has 1 aromatic carbocycles. The Bertz CT molecular complexity index is 582. The molecule has 0 amide bonds. The number of hydrogen-bond donors (Lipinski definition) is 1. The normalized spacial score (nSPS) is 18.6. The topological polar surface area (TPSA) is 60.2 Å². The molecular formula is C15H19N3O2. The Kier molecular flexibility index (Phi) is 3.69. The summed E-state index contributed by atoms with van der Waals surface area (Å²) in [5.74, 6) is 1.73. The van der Waals surface area contributed by atoms with Gasteiger partial charge < -0.3 is 9.84 Å². The van der Waals surface area contributed by atoms with Crippen LogP contribution in [0.3, 0.4) is 0 Å². The van der Waals surface area contributed by atoms with Gasteiger partial charge in [-0.05, 0) is 12.5 Å². The summed E-state index contributed by atoms with van der Waals surface area (Å²) in [5, 5.41) is 14.7. The van der Waals surface area contributed by atoms with Crippen LogP contribution in [-0.4, -0.2) is 32.6 Å². The summed E-state index contributed by atoms with van der Waals surface area (Å²) in [7, 11) is 0. The molecule has 0 spiro atoms. The minimum absolute atomic E-state index is 0.0120. The molecule has 0 aliphatic carbocycles. The smallest absolute Gasteiger partial charge is 0.138 e. The van der Waals surface area contributed by atoms with Crippen LogP contribution in [-0.2, 0) is 13.0 Å². The van der Waals surface area contributed by atoms with Crippen molar-refractivity contribution in [1.82, 2.24) is 14.8 Å². The van der Waals surface area contributed by atoms with Crippen molar-refractivity contribution in [1.29, 1.82) is 0 Å². The fourth-order valence-electron chi connectivity index (χ4n) is 2.68. The molecule has 2 aromatic rings. The number of nitrogens with zero attached hydrogens (tertiary/aromatic N) is 3. The second-order valence-corrected chi connectivity index (χ2v) is 5.13. The summed E-state index contributed by atoms with van der Waals surface area (Å²) in [4.78, 5) is 4.25. The van der Waals surface area contributed by atoms with E-state index >= 15 is 0 Å². The largest absolute Gasteiger partial charge is 0.493 e. The summed E-state index contributed by atoms with van der Waals surface area (Å²) in [6.07, 6.45) is 2.56. The van der Waals surface area contributed by atoms with E-state index in [4.69, 9.17) is 4.74 Å². The number of aliphatic hydroxyl groups excluding tert-OH is 1. The van der Waals surface area contributed by atoms with Gasteiger partial charge in [0.15, 0.2) is 0 Å². The Morgan fingerprint density at radius 3 is 3.15 bits per heavy atom. The Morgan fingerprint density at radius 1 is 1.45 bits per heavy atom. The van der Waals surface area contributed by atoms with Crippen LogP contribution in [0, 0.1) is 0 Å². The number of aromatic nitrogens is 3.